The van der Waals surface area contributed by atoms with Crippen LogP contribution in [0, 0.1) is 5.92 Å². The van der Waals surface area contributed by atoms with E-state index in [9.17, 15) is 4.79 Å². The van der Waals surface area contributed by atoms with E-state index < -0.39 is 0 Å². The summed E-state index contributed by atoms with van der Waals surface area (Å²) in [5, 5.41) is 3.56. The van der Waals surface area contributed by atoms with Crippen LogP contribution in [0.1, 0.15) is 46.0 Å². The van der Waals surface area contributed by atoms with Gasteiger partial charge in [-0.1, -0.05) is 20.3 Å². The summed E-state index contributed by atoms with van der Waals surface area (Å²) in [6, 6.07) is 0.575. The Hall–Kier alpha value is -0.610. The molecule has 19 heavy (non-hydrogen) atoms. The number of hydrogen-bond donors (Lipinski definition) is 1. The van der Waals surface area contributed by atoms with Crippen LogP contribution in [-0.4, -0.2) is 49.2 Å². The van der Waals surface area contributed by atoms with Crippen molar-refractivity contribution >= 4 is 5.91 Å². The normalized spacial score (nSPS) is 32.3. The Labute approximate surface area is 116 Å². The first-order valence-corrected chi connectivity index (χ1v) is 7.90. The van der Waals surface area contributed by atoms with Crippen molar-refractivity contribution in [3.05, 3.63) is 0 Å². The predicted molar refractivity (Wildman–Crippen MR) is 76.0 cm³/mol. The number of carbonyl (C=O) groups is 1. The van der Waals surface area contributed by atoms with Gasteiger partial charge < -0.3 is 15.0 Å². The van der Waals surface area contributed by atoms with E-state index in [0.29, 0.717) is 12.0 Å². The lowest BCUT2D eigenvalue weighted by Crippen LogP contribution is -2.53. The quantitative estimate of drug-likeness (QED) is 0.845. The summed E-state index contributed by atoms with van der Waals surface area (Å²) in [7, 11) is 0. The van der Waals surface area contributed by atoms with Gasteiger partial charge in [0.15, 0.2) is 0 Å². The third kappa shape index (κ3) is 3.69. The molecule has 1 amide bonds. The van der Waals surface area contributed by atoms with Gasteiger partial charge in [0, 0.05) is 25.7 Å². The SMILES string of the molecule is CCNC1CCN(C(=O)C2CCCCO2)CC1CC. The van der Waals surface area contributed by atoms with Crippen molar-refractivity contribution in [1.82, 2.24) is 10.2 Å². The van der Waals surface area contributed by atoms with Gasteiger partial charge >= 0.3 is 0 Å². The molecular formula is C15H28N2O2. The number of hydrogen-bond acceptors (Lipinski definition) is 3. The Bertz CT molecular complexity index is 290. The largest absolute Gasteiger partial charge is 0.368 e. The predicted octanol–water partition coefficient (Wildman–Crippen LogP) is 1.79. The highest BCUT2D eigenvalue weighted by atomic mass is 16.5. The van der Waals surface area contributed by atoms with Gasteiger partial charge in [0.05, 0.1) is 0 Å². The minimum atomic E-state index is -0.165. The highest BCUT2D eigenvalue weighted by Gasteiger charge is 2.33. The molecule has 3 unspecified atom stereocenters. The molecule has 0 aromatic rings. The molecule has 2 aliphatic rings. The number of piperidine rings is 1. The lowest BCUT2D eigenvalue weighted by Gasteiger charge is -2.40. The summed E-state index contributed by atoms with van der Waals surface area (Å²) in [6.45, 7) is 7.92. The third-order valence-corrected chi connectivity index (χ3v) is 4.49. The van der Waals surface area contributed by atoms with E-state index in [1.54, 1.807) is 0 Å². The molecule has 0 bridgehead atoms. The topological polar surface area (TPSA) is 41.6 Å². The van der Waals surface area contributed by atoms with Crippen molar-refractivity contribution in [2.75, 3.05) is 26.2 Å². The van der Waals surface area contributed by atoms with Crippen molar-refractivity contribution < 1.29 is 9.53 Å². The number of rotatable bonds is 4. The zero-order chi connectivity index (χ0) is 13.7. The Morgan fingerprint density at radius 3 is 2.79 bits per heavy atom. The smallest absolute Gasteiger partial charge is 0.251 e. The summed E-state index contributed by atoms with van der Waals surface area (Å²) >= 11 is 0. The molecule has 1 N–H and O–H groups in total. The van der Waals surface area contributed by atoms with E-state index in [0.717, 1.165) is 58.3 Å². The summed E-state index contributed by atoms with van der Waals surface area (Å²) in [5.74, 6) is 0.814. The average Bonchev–Trinajstić information content (AvgIpc) is 2.48. The van der Waals surface area contributed by atoms with E-state index in [1.165, 1.54) is 0 Å². The molecule has 2 rings (SSSR count). The van der Waals surface area contributed by atoms with Crippen molar-refractivity contribution in [3.8, 4) is 0 Å². The number of nitrogens with zero attached hydrogens (tertiary/aromatic N) is 1. The van der Waals surface area contributed by atoms with Crippen LogP contribution in [0.15, 0.2) is 0 Å². The van der Waals surface area contributed by atoms with Crippen LogP contribution in [0.25, 0.3) is 0 Å². The second kappa shape index (κ2) is 7.25. The third-order valence-electron chi connectivity index (χ3n) is 4.49. The lowest BCUT2D eigenvalue weighted by atomic mass is 9.89. The molecule has 110 valence electrons. The van der Waals surface area contributed by atoms with Gasteiger partial charge in [0.1, 0.15) is 6.10 Å². The molecule has 3 atom stereocenters. The van der Waals surface area contributed by atoms with E-state index >= 15 is 0 Å². The van der Waals surface area contributed by atoms with Gasteiger partial charge in [-0.25, -0.2) is 0 Å². The number of amides is 1. The van der Waals surface area contributed by atoms with Crippen molar-refractivity contribution in [3.63, 3.8) is 0 Å². The first-order valence-electron chi connectivity index (χ1n) is 7.90. The zero-order valence-corrected chi connectivity index (χ0v) is 12.4. The molecule has 0 spiro atoms. The van der Waals surface area contributed by atoms with Crippen molar-refractivity contribution in [2.24, 2.45) is 5.92 Å². The molecule has 4 nitrogen and oxygen atoms in total. The molecular weight excluding hydrogens is 240 g/mol. The number of ether oxygens (including phenoxy) is 1. The van der Waals surface area contributed by atoms with Crippen molar-refractivity contribution in [2.45, 2.75) is 58.1 Å². The molecule has 2 aliphatic heterocycles. The van der Waals surface area contributed by atoms with E-state index in [2.05, 4.69) is 19.2 Å². The van der Waals surface area contributed by atoms with Gasteiger partial charge in [-0.3, -0.25) is 4.79 Å². The second-order valence-electron chi connectivity index (χ2n) is 5.76. The summed E-state index contributed by atoms with van der Waals surface area (Å²) in [4.78, 5) is 14.5. The number of likely N-dealkylation sites (tertiary alicyclic amines) is 1. The molecule has 2 saturated heterocycles. The van der Waals surface area contributed by atoms with Crippen LogP contribution >= 0.6 is 0 Å². The van der Waals surface area contributed by atoms with Gasteiger partial charge in [0.25, 0.3) is 5.91 Å². The maximum atomic E-state index is 12.5. The Morgan fingerprint density at radius 2 is 2.16 bits per heavy atom. The van der Waals surface area contributed by atoms with Crippen LogP contribution < -0.4 is 5.32 Å². The summed E-state index contributed by atoms with van der Waals surface area (Å²) in [5.41, 5.74) is 0. The van der Waals surface area contributed by atoms with Gasteiger partial charge in [-0.05, 0) is 38.1 Å². The van der Waals surface area contributed by atoms with Crippen LogP contribution in [0.2, 0.25) is 0 Å². The Balaban J connectivity index is 1.89. The minimum Gasteiger partial charge on any atom is -0.368 e. The van der Waals surface area contributed by atoms with Gasteiger partial charge in [0.2, 0.25) is 0 Å². The fourth-order valence-electron chi connectivity index (χ4n) is 3.32. The molecule has 0 saturated carbocycles. The summed E-state index contributed by atoms with van der Waals surface area (Å²) in [6.07, 6.45) is 5.17. The first-order chi connectivity index (χ1) is 9.26. The van der Waals surface area contributed by atoms with Crippen LogP contribution in [0.4, 0.5) is 0 Å². The van der Waals surface area contributed by atoms with Crippen LogP contribution in [-0.2, 0) is 9.53 Å². The van der Waals surface area contributed by atoms with Crippen LogP contribution in [0.3, 0.4) is 0 Å². The minimum absolute atomic E-state index is 0.165. The molecule has 0 aliphatic carbocycles. The molecule has 2 fully saturated rings. The Kier molecular flexibility index (Phi) is 5.64. The summed E-state index contributed by atoms with van der Waals surface area (Å²) < 4.78 is 5.63. The molecule has 0 aromatic carbocycles. The highest BCUT2D eigenvalue weighted by Crippen LogP contribution is 2.23. The fourth-order valence-corrected chi connectivity index (χ4v) is 3.32. The van der Waals surface area contributed by atoms with Gasteiger partial charge in [-0.2, -0.15) is 0 Å². The maximum absolute atomic E-state index is 12.5. The monoisotopic (exact) mass is 268 g/mol. The van der Waals surface area contributed by atoms with E-state index in [-0.39, 0.29) is 12.0 Å². The fraction of sp³-hybridized carbons (Fsp3) is 0.933. The van der Waals surface area contributed by atoms with E-state index in [4.69, 9.17) is 4.74 Å². The zero-order valence-electron chi connectivity index (χ0n) is 12.4. The van der Waals surface area contributed by atoms with Crippen LogP contribution in [0.5, 0.6) is 0 Å². The second-order valence-corrected chi connectivity index (χ2v) is 5.76. The molecule has 0 radical (unpaired) electrons. The van der Waals surface area contributed by atoms with Crippen molar-refractivity contribution in [1.29, 1.82) is 0 Å². The average molecular weight is 268 g/mol. The Morgan fingerprint density at radius 1 is 1.32 bits per heavy atom. The first kappa shape index (κ1) is 14.8. The number of carbonyl (C=O) groups excluding carboxylic acids is 1. The van der Waals surface area contributed by atoms with Gasteiger partial charge in [-0.15, -0.1) is 0 Å². The maximum Gasteiger partial charge on any atom is 0.251 e. The van der Waals surface area contributed by atoms with E-state index in [1.807, 2.05) is 4.90 Å². The molecule has 2 heterocycles. The highest BCUT2D eigenvalue weighted by molar-refractivity contribution is 5.81. The standard InChI is InChI=1S/C15H28N2O2/c1-3-12-11-17(9-8-13(12)16-4-2)15(18)14-7-5-6-10-19-14/h12-14,16H,3-11H2,1-2H3. The lowest BCUT2D eigenvalue weighted by molar-refractivity contribution is -0.148. The molecule has 0 aromatic heterocycles. The number of nitrogens with one attached hydrogen (secondary N) is 1. The molecule has 4 heteroatoms.